The van der Waals surface area contributed by atoms with Crippen LogP contribution in [0.4, 0.5) is 0 Å². The molecule has 0 rings (SSSR count). The molecule has 10 amide bonds. The minimum atomic E-state index is -1.43. The Morgan fingerprint density at radius 3 is 0.938 bits per heavy atom. The predicted octanol–water partition coefficient (Wildman–Crippen LogP) is -5.96. The summed E-state index contributed by atoms with van der Waals surface area (Å²) in [6, 6.07) is -11.8. The van der Waals surface area contributed by atoms with Gasteiger partial charge in [0.05, 0.1) is 6.54 Å². The zero-order valence-electron chi connectivity index (χ0n) is 57.4. The van der Waals surface area contributed by atoms with Gasteiger partial charge in [-0.1, -0.05) is 47.5 Å². The molecule has 0 bridgehead atoms. The standard InChI is InChI=1S/C60H117N25O12/c1-6-7-8-26-44(86)77-37(22-15-30-72-57(64)65)48(88)76-34-45(87)78-38(23-16-31-73-58(66)67)49(89)80-40(20-10-13-28-62)53(93)84-47(36(4)5)55(95)85-46(35(2)3)54(94)82-42(25-18-33-75-60(70)71)51(91)81-41(24-17-32-74-59(68)69)50(90)79-39(19-9-12-27-61)52(92)83-43(56(96)97)21-11-14-29-63/h35-43,46-47H,6-34,61-63H2,1-5H3,(H,76,88)(H,77,86)(H,78,87)(H,79,90)(H,80,89)(H,81,91)(H,82,94)(H,83,92)(H,84,93)(H,85,95)(H,96,97)(H4,64,65,72)(H4,66,67,73)(H4,68,69,74)(H4,70,71,75)/t37-,38-,39-,40-,41-,42-,43-,46-,47-/m0/s1. The van der Waals surface area contributed by atoms with Crippen molar-refractivity contribution >= 4 is 88.9 Å². The van der Waals surface area contributed by atoms with Gasteiger partial charge in [-0.05, 0) is 147 Å². The number of nitrogens with two attached hydrogens (primary N) is 11. The van der Waals surface area contributed by atoms with Gasteiger partial charge in [0.2, 0.25) is 59.1 Å². The summed E-state index contributed by atoms with van der Waals surface area (Å²) in [6.45, 7) is 8.88. The first-order valence-corrected chi connectivity index (χ1v) is 33.5. The van der Waals surface area contributed by atoms with Gasteiger partial charge >= 0.3 is 5.97 Å². The fourth-order valence-corrected chi connectivity index (χ4v) is 9.62. The molecule has 0 aromatic heterocycles. The van der Waals surface area contributed by atoms with E-state index in [-0.39, 0.29) is 140 Å². The molecule has 0 aromatic rings. The third kappa shape index (κ3) is 41.0. The van der Waals surface area contributed by atoms with Crippen molar-refractivity contribution in [1.82, 2.24) is 53.2 Å². The maximum atomic E-state index is 14.5. The van der Waals surface area contributed by atoms with Crippen LogP contribution in [-0.2, 0) is 52.7 Å². The van der Waals surface area contributed by atoms with E-state index in [9.17, 15) is 57.8 Å². The van der Waals surface area contributed by atoms with Crippen molar-refractivity contribution < 1.29 is 57.8 Å². The molecule has 0 unspecified atom stereocenters. The lowest BCUT2D eigenvalue weighted by molar-refractivity contribution is -0.142. The van der Waals surface area contributed by atoms with Crippen LogP contribution in [0.5, 0.6) is 0 Å². The van der Waals surface area contributed by atoms with Crippen molar-refractivity contribution in [2.24, 2.45) is 94.9 Å². The molecule has 9 atom stereocenters. The summed E-state index contributed by atoms with van der Waals surface area (Å²) < 4.78 is 0. The van der Waals surface area contributed by atoms with Gasteiger partial charge in [-0.25, -0.2) is 4.79 Å². The molecular formula is C60H117N25O12. The number of hydrogen-bond acceptors (Lipinski definition) is 18. The van der Waals surface area contributed by atoms with Gasteiger partial charge in [0.15, 0.2) is 23.8 Å². The lowest BCUT2D eigenvalue weighted by Crippen LogP contribution is -2.61. The van der Waals surface area contributed by atoms with E-state index < -0.39 is 132 Å². The molecule has 0 aromatic carbocycles. The van der Waals surface area contributed by atoms with Gasteiger partial charge in [-0.15, -0.1) is 0 Å². The highest BCUT2D eigenvalue weighted by Crippen LogP contribution is 2.14. The number of nitrogens with zero attached hydrogens (tertiary/aromatic N) is 4. The molecule has 0 saturated carbocycles. The molecule has 33 N–H and O–H groups in total. The lowest BCUT2D eigenvalue weighted by Gasteiger charge is -2.30. The van der Waals surface area contributed by atoms with Crippen LogP contribution in [0.2, 0.25) is 0 Å². The molecule has 0 spiro atoms. The Morgan fingerprint density at radius 2 is 0.608 bits per heavy atom. The Morgan fingerprint density at radius 1 is 0.330 bits per heavy atom. The highest BCUT2D eigenvalue weighted by Gasteiger charge is 2.37. The molecule has 97 heavy (non-hydrogen) atoms. The minimum Gasteiger partial charge on any atom is -0.480 e. The van der Waals surface area contributed by atoms with Crippen LogP contribution in [0.3, 0.4) is 0 Å². The van der Waals surface area contributed by atoms with E-state index in [4.69, 9.17) is 63.1 Å². The largest absolute Gasteiger partial charge is 0.480 e. The quantitative estimate of drug-likeness (QED) is 0.0153. The van der Waals surface area contributed by atoms with Gasteiger partial charge < -0.3 is 121 Å². The summed E-state index contributed by atoms with van der Waals surface area (Å²) in [6.07, 6.45) is 5.58. The topological polar surface area (TPSA) is 664 Å². The Kier molecular flexibility index (Phi) is 46.7. The number of carboxylic acids is 1. The molecule has 0 aliphatic heterocycles. The van der Waals surface area contributed by atoms with Crippen LogP contribution < -0.4 is 116 Å². The van der Waals surface area contributed by atoms with Crippen LogP contribution in [-0.4, -0.2) is 201 Å². The van der Waals surface area contributed by atoms with Crippen LogP contribution in [0.25, 0.3) is 0 Å². The maximum Gasteiger partial charge on any atom is 0.326 e. The molecule has 0 heterocycles. The SMILES string of the molecule is CCCCCC(=O)N[C@@H](CCCN=C(N)N)C(=O)NCC(=O)N[C@@H](CCCN=C(N)N)C(=O)N[C@@H](CCCCN)C(=O)N[C@H](C(=O)N[C@H](C(=O)N[C@@H](CCCN=C(N)N)C(=O)N[C@@H](CCCN=C(N)N)C(=O)N[C@@H](CCCCN)C(=O)N[C@@H](CCCCN)C(=O)O)C(C)C)C(C)C. The van der Waals surface area contributed by atoms with Crippen molar-refractivity contribution in [2.45, 2.75) is 224 Å². The molecule has 554 valence electrons. The smallest absolute Gasteiger partial charge is 0.326 e. The van der Waals surface area contributed by atoms with E-state index in [2.05, 4.69) is 73.1 Å². The second-order valence-corrected chi connectivity index (χ2v) is 24.2. The highest BCUT2D eigenvalue weighted by molar-refractivity contribution is 5.98. The number of guanidine groups is 4. The number of nitrogens with one attached hydrogen (secondary N) is 10. The number of aliphatic carboxylic acids is 1. The normalized spacial score (nSPS) is 13.8. The van der Waals surface area contributed by atoms with Crippen molar-refractivity contribution in [3.63, 3.8) is 0 Å². The maximum absolute atomic E-state index is 14.5. The predicted molar refractivity (Wildman–Crippen MR) is 370 cm³/mol. The molecule has 37 nitrogen and oxygen atoms in total. The number of rotatable bonds is 54. The first-order valence-electron chi connectivity index (χ1n) is 33.5. The van der Waals surface area contributed by atoms with Crippen molar-refractivity contribution in [3.05, 3.63) is 0 Å². The van der Waals surface area contributed by atoms with Gasteiger partial charge in [-0.2, -0.15) is 0 Å². The summed E-state index contributed by atoms with van der Waals surface area (Å²) in [4.78, 5) is 168. The van der Waals surface area contributed by atoms with Crippen molar-refractivity contribution in [1.29, 1.82) is 0 Å². The first-order chi connectivity index (χ1) is 45.9. The molecule has 37 heteroatoms. The second kappa shape index (κ2) is 51.4. The fraction of sp³-hybridized carbons (Fsp3) is 0.750. The Hall–Kier alpha value is -8.87. The third-order valence-corrected chi connectivity index (χ3v) is 15.0. The van der Waals surface area contributed by atoms with Crippen LogP contribution in [0, 0.1) is 11.8 Å². The van der Waals surface area contributed by atoms with Gasteiger partial charge in [-0.3, -0.25) is 67.9 Å². The van der Waals surface area contributed by atoms with Crippen molar-refractivity contribution in [2.75, 3.05) is 52.4 Å². The number of carboxylic acid groups (broad SMARTS) is 1. The zero-order valence-corrected chi connectivity index (χ0v) is 57.4. The summed E-state index contributed by atoms with van der Waals surface area (Å²) >= 11 is 0. The number of carbonyl (C=O) groups is 11. The molecule has 0 saturated heterocycles. The van der Waals surface area contributed by atoms with Gasteiger partial charge in [0.25, 0.3) is 0 Å². The molecule has 0 aliphatic rings. The zero-order chi connectivity index (χ0) is 73.4. The Labute approximate surface area is 569 Å². The van der Waals surface area contributed by atoms with E-state index in [1.54, 1.807) is 27.7 Å². The van der Waals surface area contributed by atoms with E-state index >= 15 is 0 Å². The molecule has 0 radical (unpaired) electrons. The summed E-state index contributed by atoms with van der Waals surface area (Å²) in [5.41, 5.74) is 61.3. The van der Waals surface area contributed by atoms with E-state index in [0.717, 1.165) is 12.8 Å². The number of carbonyl (C=O) groups excluding carboxylic acids is 10. The monoisotopic (exact) mass is 1380 g/mol. The fourth-order valence-electron chi connectivity index (χ4n) is 9.62. The van der Waals surface area contributed by atoms with Crippen LogP contribution in [0.15, 0.2) is 20.0 Å². The Balaban J connectivity index is 7.03. The average Bonchev–Trinajstić information content (AvgIpc) is 0.992. The lowest BCUT2D eigenvalue weighted by atomic mass is 9.98. The average molecular weight is 1380 g/mol. The summed E-state index contributed by atoms with van der Waals surface area (Å²) in [5.74, 6) is -11.2. The number of hydrogen-bond donors (Lipinski definition) is 22. The third-order valence-electron chi connectivity index (χ3n) is 15.0. The number of aliphatic imine (C=N–C) groups is 4. The molecular weight excluding hydrogens is 1260 g/mol. The number of amides is 10. The van der Waals surface area contributed by atoms with Crippen LogP contribution in [0.1, 0.15) is 169 Å². The van der Waals surface area contributed by atoms with Crippen LogP contribution >= 0.6 is 0 Å². The minimum absolute atomic E-state index is 0.00347. The first kappa shape index (κ1) is 88.1. The second-order valence-electron chi connectivity index (χ2n) is 24.2. The van der Waals surface area contributed by atoms with E-state index in [0.29, 0.717) is 57.9 Å². The van der Waals surface area contributed by atoms with Crippen molar-refractivity contribution in [3.8, 4) is 0 Å². The number of unbranched alkanes of at least 4 members (excludes halogenated alkanes) is 5. The van der Waals surface area contributed by atoms with E-state index in [1.165, 1.54) is 0 Å². The highest BCUT2D eigenvalue weighted by atomic mass is 16.4. The molecule has 0 aliphatic carbocycles. The van der Waals surface area contributed by atoms with Gasteiger partial charge in [0.1, 0.15) is 54.4 Å². The van der Waals surface area contributed by atoms with Gasteiger partial charge in [0, 0.05) is 32.6 Å². The Bertz CT molecular complexity index is 2560. The van der Waals surface area contributed by atoms with E-state index in [1.807, 2.05) is 6.92 Å². The summed E-state index contributed by atoms with van der Waals surface area (Å²) in [7, 11) is 0. The summed E-state index contributed by atoms with van der Waals surface area (Å²) in [5, 5.41) is 36.4. The molecule has 0 fully saturated rings.